The first-order chi connectivity index (χ1) is 15.0. The molecule has 32 heavy (non-hydrogen) atoms. The number of aryl methyl sites for hydroxylation is 2. The van der Waals surface area contributed by atoms with E-state index in [1.807, 2.05) is 6.92 Å². The lowest BCUT2D eigenvalue weighted by Gasteiger charge is -2.13. The van der Waals surface area contributed by atoms with Gasteiger partial charge in [0.15, 0.2) is 5.75 Å². The van der Waals surface area contributed by atoms with Crippen LogP contribution in [-0.4, -0.2) is 0 Å². The number of rotatable bonds is 6. The van der Waals surface area contributed by atoms with Crippen LogP contribution >= 0.6 is 0 Å². The van der Waals surface area contributed by atoms with Crippen molar-refractivity contribution in [3.63, 3.8) is 0 Å². The van der Waals surface area contributed by atoms with Gasteiger partial charge in [-0.15, -0.1) is 0 Å². The maximum atomic E-state index is 15.1. The normalized spacial score (nSPS) is 11.8. The highest BCUT2D eigenvalue weighted by molar-refractivity contribution is 5.72. The van der Waals surface area contributed by atoms with Gasteiger partial charge in [0.25, 0.3) is 0 Å². The summed E-state index contributed by atoms with van der Waals surface area (Å²) in [5.41, 5.74) is -1.82. The molecule has 0 bridgehead atoms. The second kappa shape index (κ2) is 9.22. The van der Waals surface area contributed by atoms with Crippen molar-refractivity contribution in [2.24, 2.45) is 0 Å². The highest BCUT2D eigenvalue weighted by Gasteiger charge is 2.37. The molecule has 1 nitrogen and oxygen atoms in total. The zero-order valence-corrected chi connectivity index (χ0v) is 16.9. The zero-order valence-electron chi connectivity index (χ0n) is 16.9. The molecule has 1 radical (unpaired) electrons. The van der Waals surface area contributed by atoms with Crippen molar-refractivity contribution in [2.45, 2.75) is 38.8 Å². The van der Waals surface area contributed by atoms with Crippen LogP contribution in [0.5, 0.6) is 5.75 Å². The van der Waals surface area contributed by atoms with Gasteiger partial charge in [-0.3, -0.25) is 5.11 Å². The molecule has 0 aliphatic carbocycles. The molecule has 0 aliphatic rings. The third-order valence-corrected chi connectivity index (χ3v) is 5.11. The van der Waals surface area contributed by atoms with E-state index in [4.69, 9.17) is 0 Å². The number of hydrogen-bond donors (Lipinski definition) is 0. The average Bonchev–Trinajstić information content (AvgIpc) is 2.67. The van der Waals surface area contributed by atoms with Crippen LogP contribution in [0, 0.1) is 23.3 Å². The molecule has 3 aromatic rings. The van der Waals surface area contributed by atoms with Gasteiger partial charge in [-0.25, -0.2) is 17.6 Å². The van der Waals surface area contributed by atoms with Crippen molar-refractivity contribution in [2.75, 3.05) is 0 Å². The quantitative estimate of drug-likeness (QED) is 0.338. The first-order valence-corrected chi connectivity index (χ1v) is 9.85. The van der Waals surface area contributed by atoms with E-state index < -0.39 is 52.7 Å². The van der Waals surface area contributed by atoms with E-state index in [0.717, 1.165) is 18.4 Å². The molecule has 0 saturated carbocycles. The van der Waals surface area contributed by atoms with Crippen molar-refractivity contribution in [1.29, 1.82) is 0 Å². The van der Waals surface area contributed by atoms with Crippen molar-refractivity contribution in [3.05, 3.63) is 88.0 Å². The van der Waals surface area contributed by atoms with Gasteiger partial charge >= 0.3 is 6.18 Å². The minimum Gasteiger partial charge on any atom is -0.289 e. The van der Waals surface area contributed by atoms with E-state index in [1.165, 1.54) is 0 Å². The Morgan fingerprint density at radius 1 is 0.750 bits per heavy atom. The number of benzene rings is 3. The van der Waals surface area contributed by atoms with Crippen LogP contribution in [0.15, 0.2) is 42.5 Å². The average molecular weight is 455 g/mol. The molecule has 0 fully saturated rings. The van der Waals surface area contributed by atoms with Gasteiger partial charge in [0.05, 0.1) is 5.56 Å². The molecule has 0 unspecified atom stereocenters. The van der Waals surface area contributed by atoms with E-state index in [0.29, 0.717) is 18.2 Å². The fourth-order valence-corrected chi connectivity index (χ4v) is 3.57. The van der Waals surface area contributed by atoms with Gasteiger partial charge in [-0.05, 0) is 48.1 Å². The van der Waals surface area contributed by atoms with E-state index >= 15 is 4.39 Å². The molecule has 0 N–H and O–H groups in total. The lowest BCUT2D eigenvalue weighted by molar-refractivity contribution is -0.142. The van der Waals surface area contributed by atoms with Crippen LogP contribution in [0.25, 0.3) is 11.1 Å². The monoisotopic (exact) mass is 455 g/mol. The SMILES string of the molecule is CCCc1ccc(-c2c([O])cc(F)c(CCc3cc(F)c(C(F)(F)F)c(F)c3)c2F)cc1. The third kappa shape index (κ3) is 4.89. The number of hydrogen-bond acceptors (Lipinski definition) is 0. The summed E-state index contributed by atoms with van der Waals surface area (Å²) in [5, 5.41) is 12.2. The van der Waals surface area contributed by atoms with Gasteiger partial charge in [0.2, 0.25) is 0 Å². The Balaban J connectivity index is 1.92. The van der Waals surface area contributed by atoms with E-state index in [2.05, 4.69) is 0 Å². The molecular formula is C24H18F7O. The second-order valence-corrected chi connectivity index (χ2v) is 7.40. The van der Waals surface area contributed by atoms with Crippen LogP contribution in [0.2, 0.25) is 0 Å². The molecular weight excluding hydrogens is 437 g/mol. The van der Waals surface area contributed by atoms with Crippen LogP contribution in [0.3, 0.4) is 0 Å². The van der Waals surface area contributed by atoms with Crippen LogP contribution in [-0.2, 0) is 30.5 Å². The lowest BCUT2D eigenvalue weighted by Crippen LogP contribution is -2.12. The molecule has 0 aromatic heterocycles. The molecule has 8 heteroatoms. The zero-order chi connectivity index (χ0) is 23.6. The summed E-state index contributed by atoms with van der Waals surface area (Å²) in [7, 11) is 0. The summed E-state index contributed by atoms with van der Waals surface area (Å²) >= 11 is 0. The van der Waals surface area contributed by atoms with E-state index in [-0.39, 0.29) is 23.1 Å². The summed E-state index contributed by atoms with van der Waals surface area (Å²) < 4.78 is 95.0. The fourth-order valence-electron chi connectivity index (χ4n) is 3.57. The summed E-state index contributed by atoms with van der Waals surface area (Å²) in [5.74, 6) is -6.72. The van der Waals surface area contributed by atoms with Crippen molar-refractivity contribution < 1.29 is 35.8 Å². The summed E-state index contributed by atoms with van der Waals surface area (Å²) in [6, 6.07) is 8.15. The number of alkyl halides is 3. The molecule has 0 spiro atoms. The smallest absolute Gasteiger partial charge is 0.289 e. The van der Waals surface area contributed by atoms with Crippen molar-refractivity contribution >= 4 is 0 Å². The molecule has 3 rings (SSSR count). The summed E-state index contributed by atoms with van der Waals surface area (Å²) in [6.45, 7) is 1.99. The highest BCUT2D eigenvalue weighted by Crippen LogP contribution is 2.37. The molecule has 0 amide bonds. The summed E-state index contributed by atoms with van der Waals surface area (Å²) in [4.78, 5) is 0. The lowest BCUT2D eigenvalue weighted by atomic mass is 9.95. The Morgan fingerprint density at radius 3 is 1.88 bits per heavy atom. The fraction of sp³-hybridized carbons (Fsp3) is 0.250. The van der Waals surface area contributed by atoms with Gasteiger partial charge in [0.1, 0.15) is 28.8 Å². The van der Waals surface area contributed by atoms with Gasteiger partial charge in [0, 0.05) is 11.6 Å². The highest BCUT2D eigenvalue weighted by atomic mass is 19.4. The third-order valence-electron chi connectivity index (χ3n) is 5.11. The largest absolute Gasteiger partial charge is 0.422 e. The predicted octanol–water partition coefficient (Wildman–Crippen LogP) is 7.81. The minimum atomic E-state index is -5.21. The molecule has 0 saturated heterocycles. The van der Waals surface area contributed by atoms with E-state index in [1.54, 1.807) is 24.3 Å². The van der Waals surface area contributed by atoms with Crippen LogP contribution < -0.4 is 0 Å². The topological polar surface area (TPSA) is 19.9 Å². The predicted molar refractivity (Wildman–Crippen MR) is 105 cm³/mol. The van der Waals surface area contributed by atoms with Crippen molar-refractivity contribution in [1.82, 2.24) is 0 Å². The standard InChI is InChI=1S/C24H18F7O/c1-2-3-13-4-7-15(8-5-13)21-20(32)12-17(25)16(23(21)28)9-6-14-10-18(26)22(19(27)11-14)24(29,30)31/h4-5,7-8,10-12H,2-3,6,9H2,1H3. The first-order valence-electron chi connectivity index (χ1n) is 9.85. The van der Waals surface area contributed by atoms with Gasteiger partial charge < -0.3 is 0 Å². The first kappa shape index (κ1) is 23.6. The Labute approximate surface area is 180 Å². The molecule has 169 valence electrons. The maximum absolute atomic E-state index is 15.1. The Bertz CT molecular complexity index is 1100. The maximum Gasteiger partial charge on any atom is 0.422 e. The number of halogens is 7. The van der Waals surface area contributed by atoms with Gasteiger partial charge in [-0.2, -0.15) is 13.2 Å². The van der Waals surface area contributed by atoms with Crippen LogP contribution in [0.4, 0.5) is 30.7 Å². The molecule has 3 aromatic carbocycles. The summed E-state index contributed by atoms with van der Waals surface area (Å²) in [6.07, 6.45) is -4.28. The van der Waals surface area contributed by atoms with Gasteiger partial charge in [-0.1, -0.05) is 37.6 Å². The Hall–Kier alpha value is -3.03. The Morgan fingerprint density at radius 2 is 1.34 bits per heavy atom. The van der Waals surface area contributed by atoms with Crippen LogP contribution in [0.1, 0.15) is 35.6 Å². The molecule has 0 aliphatic heterocycles. The Kier molecular flexibility index (Phi) is 6.81. The molecule has 0 atom stereocenters. The minimum absolute atomic E-state index is 0.205. The van der Waals surface area contributed by atoms with Crippen molar-refractivity contribution in [3.8, 4) is 16.9 Å². The second-order valence-electron chi connectivity index (χ2n) is 7.40. The molecule has 0 heterocycles. The van der Waals surface area contributed by atoms with E-state index in [9.17, 15) is 31.4 Å².